The van der Waals surface area contributed by atoms with Crippen LogP contribution in [0.2, 0.25) is 0 Å². The molecular weight excluding hydrogens is 328 g/mol. The lowest BCUT2D eigenvalue weighted by molar-refractivity contribution is -0.116. The van der Waals surface area contributed by atoms with Crippen LogP contribution in [-0.2, 0) is 11.3 Å². The van der Waals surface area contributed by atoms with Crippen LogP contribution in [0.5, 0.6) is 0 Å². The summed E-state index contributed by atoms with van der Waals surface area (Å²) < 4.78 is 1.48. The highest BCUT2D eigenvalue weighted by molar-refractivity contribution is 5.91. The second kappa shape index (κ2) is 7.72. The maximum absolute atomic E-state index is 12.6. The summed E-state index contributed by atoms with van der Waals surface area (Å²) in [4.78, 5) is 31.8. The summed E-state index contributed by atoms with van der Waals surface area (Å²) in [5, 5.41) is 2.91. The Balaban J connectivity index is 1.84. The Morgan fingerprint density at radius 3 is 2.54 bits per heavy atom. The number of hydrogen-bond acceptors (Lipinski definition) is 4. The summed E-state index contributed by atoms with van der Waals surface area (Å²) in [6.07, 6.45) is 3.36. The molecule has 0 atom stereocenters. The molecule has 0 aliphatic carbocycles. The maximum atomic E-state index is 12.6. The molecule has 1 amide bonds. The van der Waals surface area contributed by atoms with Gasteiger partial charge in [0.15, 0.2) is 0 Å². The van der Waals surface area contributed by atoms with Crippen LogP contribution in [0, 0.1) is 20.8 Å². The van der Waals surface area contributed by atoms with Crippen LogP contribution >= 0.6 is 0 Å². The van der Waals surface area contributed by atoms with Crippen LogP contribution < -0.4 is 15.8 Å². The standard InChI is InChI=1S/C20H26N4O2/c1-14-7-8-17(15(2)11-14)22-18(25)13-24-19(26)12-16(3)21-20(24)23-9-5-4-6-10-23/h7-8,11-12H,4-6,9-10,13H2,1-3H3,(H,22,25). The first-order valence-electron chi connectivity index (χ1n) is 9.14. The van der Waals surface area contributed by atoms with E-state index in [1.165, 1.54) is 17.1 Å². The first-order valence-corrected chi connectivity index (χ1v) is 9.14. The predicted octanol–water partition coefficient (Wildman–Crippen LogP) is 2.80. The summed E-state index contributed by atoms with van der Waals surface area (Å²) in [5.74, 6) is 0.383. The van der Waals surface area contributed by atoms with Gasteiger partial charge in [0.1, 0.15) is 6.54 Å². The number of aromatic nitrogens is 2. The molecule has 0 bridgehead atoms. The molecule has 1 aromatic heterocycles. The Bertz CT molecular complexity index is 867. The van der Waals surface area contributed by atoms with Crippen molar-refractivity contribution in [2.75, 3.05) is 23.3 Å². The normalized spacial score (nSPS) is 14.3. The van der Waals surface area contributed by atoms with Crippen LogP contribution in [0.25, 0.3) is 0 Å². The molecule has 2 aromatic rings. The highest BCUT2D eigenvalue weighted by Gasteiger charge is 2.19. The topological polar surface area (TPSA) is 67.2 Å². The SMILES string of the molecule is Cc1ccc(NC(=O)Cn2c(N3CCCCC3)nc(C)cc2=O)c(C)c1. The number of anilines is 2. The summed E-state index contributed by atoms with van der Waals surface area (Å²) in [6.45, 7) is 7.49. The lowest BCUT2D eigenvalue weighted by Crippen LogP contribution is -2.38. The Kier molecular flexibility index (Phi) is 5.40. The first-order chi connectivity index (χ1) is 12.4. The van der Waals surface area contributed by atoms with Gasteiger partial charge in [-0.15, -0.1) is 0 Å². The Morgan fingerprint density at radius 2 is 1.85 bits per heavy atom. The van der Waals surface area contributed by atoms with Gasteiger partial charge in [0.25, 0.3) is 5.56 Å². The molecule has 0 unspecified atom stereocenters. The Morgan fingerprint density at radius 1 is 1.12 bits per heavy atom. The fourth-order valence-electron chi connectivity index (χ4n) is 3.38. The van der Waals surface area contributed by atoms with E-state index in [4.69, 9.17) is 0 Å². The molecule has 3 rings (SSSR count). The van der Waals surface area contributed by atoms with Gasteiger partial charge in [0.05, 0.1) is 0 Å². The molecule has 0 radical (unpaired) electrons. The fraction of sp³-hybridized carbons (Fsp3) is 0.450. The van der Waals surface area contributed by atoms with Crippen molar-refractivity contribution in [2.45, 2.75) is 46.6 Å². The number of nitrogens with one attached hydrogen (secondary N) is 1. The van der Waals surface area contributed by atoms with Gasteiger partial charge in [-0.3, -0.25) is 14.2 Å². The summed E-state index contributed by atoms with van der Waals surface area (Å²) >= 11 is 0. The molecule has 1 aromatic carbocycles. The molecule has 0 spiro atoms. The molecule has 1 fully saturated rings. The number of rotatable bonds is 4. The van der Waals surface area contributed by atoms with Crippen molar-refractivity contribution in [3.8, 4) is 0 Å². The second-order valence-electron chi connectivity index (χ2n) is 7.04. The summed E-state index contributed by atoms with van der Waals surface area (Å²) in [5.41, 5.74) is 3.42. The van der Waals surface area contributed by atoms with E-state index in [1.54, 1.807) is 0 Å². The van der Waals surface area contributed by atoms with Crippen molar-refractivity contribution in [3.63, 3.8) is 0 Å². The predicted molar refractivity (Wildman–Crippen MR) is 104 cm³/mol. The average molecular weight is 354 g/mol. The van der Waals surface area contributed by atoms with E-state index < -0.39 is 0 Å². The number of hydrogen-bond donors (Lipinski definition) is 1. The molecular formula is C20H26N4O2. The molecule has 2 heterocycles. The van der Waals surface area contributed by atoms with Crippen molar-refractivity contribution in [1.82, 2.24) is 9.55 Å². The van der Waals surface area contributed by atoms with E-state index in [9.17, 15) is 9.59 Å². The third-order valence-corrected chi connectivity index (χ3v) is 4.71. The number of aryl methyl sites for hydroxylation is 3. The van der Waals surface area contributed by atoms with Gasteiger partial charge in [-0.25, -0.2) is 4.98 Å². The molecule has 1 aliphatic heterocycles. The largest absolute Gasteiger partial charge is 0.342 e. The van der Waals surface area contributed by atoms with Crippen LogP contribution in [0.3, 0.4) is 0 Å². The fourth-order valence-corrected chi connectivity index (χ4v) is 3.38. The van der Waals surface area contributed by atoms with Crippen LogP contribution in [0.15, 0.2) is 29.1 Å². The van der Waals surface area contributed by atoms with E-state index in [0.29, 0.717) is 11.6 Å². The van der Waals surface area contributed by atoms with Gasteiger partial charge < -0.3 is 10.2 Å². The summed E-state index contributed by atoms with van der Waals surface area (Å²) in [7, 11) is 0. The average Bonchev–Trinajstić information content (AvgIpc) is 2.60. The van der Waals surface area contributed by atoms with Gasteiger partial charge in [0.2, 0.25) is 11.9 Å². The van der Waals surface area contributed by atoms with Crippen molar-refractivity contribution in [1.29, 1.82) is 0 Å². The molecule has 138 valence electrons. The molecule has 0 saturated carbocycles. The quantitative estimate of drug-likeness (QED) is 0.917. The van der Waals surface area contributed by atoms with Gasteiger partial charge in [-0.2, -0.15) is 0 Å². The molecule has 6 nitrogen and oxygen atoms in total. The van der Waals surface area contributed by atoms with Crippen molar-refractivity contribution < 1.29 is 4.79 Å². The minimum atomic E-state index is -0.219. The number of piperidine rings is 1. The van der Waals surface area contributed by atoms with Gasteiger partial charge in [-0.05, 0) is 51.7 Å². The Hall–Kier alpha value is -2.63. The molecule has 1 N–H and O–H groups in total. The van der Waals surface area contributed by atoms with Crippen LogP contribution in [0.4, 0.5) is 11.6 Å². The monoisotopic (exact) mass is 354 g/mol. The van der Waals surface area contributed by atoms with Crippen molar-refractivity contribution in [3.05, 3.63) is 51.4 Å². The minimum absolute atomic E-state index is 0.0364. The van der Waals surface area contributed by atoms with E-state index in [-0.39, 0.29) is 18.0 Å². The lowest BCUT2D eigenvalue weighted by atomic mass is 10.1. The van der Waals surface area contributed by atoms with Gasteiger partial charge in [-0.1, -0.05) is 17.7 Å². The molecule has 1 aliphatic rings. The second-order valence-corrected chi connectivity index (χ2v) is 7.04. The van der Waals surface area contributed by atoms with Crippen LogP contribution in [-0.4, -0.2) is 28.5 Å². The van der Waals surface area contributed by atoms with E-state index in [1.807, 2.05) is 39.0 Å². The highest BCUT2D eigenvalue weighted by Crippen LogP contribution is 2.18. The minimum Gasteiger partial charge on any atom is -0.342 e. The number of nitrogens with zero attached hydrogens (tertiary/aromatic N) is 3. The summed E-state index contributed by atoms with van der Waals surface area (Å²) in [6, 6.07) is 7.36. The third-order valence-electron chi connectivity index (χ3n) is 4.71. The van der Waals surface area contributed by atoms with E-state index in [0.717, 1.165) is 42.7 Å². The first kappa shape index (κ1) is 18.2. The van der Waals surface area contributed by atoms with E-state index >= 15 is 0 Å². The zero-order valence-corrected chi connectivity index (χ0v) is 15.7. The lowest BCUT2D eigenvalue weighted by Gasteiger charge is -2.29. The highest BCUT2D eigenvalue weighted by atomic mass is 16.2. The van der Waals surface area contributed by atoms with Crippen molar-refractivity contribution >= 4 is 17.5 Å². The zero-order chi connectivity index (χ0) is 18.7. The van der Waals surface area contributed by atoms with E-state index in [2.05, 4.69) is 15.2 Å². The molecule has 1 saturated heterocycles. The number of carbonyl (C=O) groups excluding carboxylic acids is 1. The van der Waals surface area contributed by atoms with Crippen molar-refractivity contribution in [2.24, 2.45) is 0 Å². The van der Waals surface area contributed by atoms with Gasteiger partial charge >= 0.3 is 0 Å². The number of benzene rings is 1. The Labute approximate surface area is 153 Å². The number of amides is 1. The van der Waals surface area contributed by atoms with Crippen LogP contribution in [0.1, 0.15) is 36.1 Å². The number of carbonyl (C=O) groups is 1. The third kappa shape index (κ3) is 4.12. The smallest absolute Gasteiger partial charge is 0.255 e. The van der Waals surface area contributed by atoms with Gasteiger partial charge in [0, 0.05) is 30.5 Å². The maximum Gasteiger partial charge on any atom is 0.255 e. The zero-order valence-electron chi connectivity index (χ0n) is 15.7. The molecule has 26 heavy (non-hydrogen) atoms. The molecule has 6 heteroatoms.